The van der Waals surface area contributed by atoms with Crippen molar-refractivity contribution in [2.45, 2.75) is 18.8 Å². The quantitative estimate of drug-likeness (QED) is 0.773. The average molecular weight is 314 g/mol. The van der Waals surface area contributed by atoms with Gasteiger partial charge >= 0.3 is 0 Å². The monoisotopic (exact) mass is 314 g/mol. The Hall–Kier alpha value is -2.83. The van der Waals surface area contributed by atoms with Gasteiger partial charge in [0, 0.05) is 31.3 Å². The van der Waals surface area contributed by atoms with Crippen LogP contribution in [0.25, 0.3) is 0 Å². The molecule has 0 saturated heterocycles. The number of rotatable bonds is 5. The number of benzene rings is 1. The third-order valence-electron chi connectivity index (χ3n) is 3.87. The van der Waals surface area contributed by atoms with Crippen LogP contribution in [0.5, 0.6) is 5.75 Å². The smallest absolute Gasteiger partial charge is 0.228 e. The van der Waals surface area contributed by atoms with Gasteiger partial charge in [-0.25, -0.2) is 4.98 Å². The molecule has 1 aromatic heterocycles. The van der Waals surface area contributed by atoms with Crippen molar-refractivity contribution in [2.24, 2.45) is 0 Å². The van der Waals surface area contributed by atoms with Gasteiger partial charge in [-0.15, -0.1) is 0 Å². The van der Waals surface area contributed by atoms with Crippen LogP contribution in [0.15, 0.2) is 30.7 Å². The Morgan fingerprint density at radius 2 is 2.35 bits per heavy atom. The molecule has 0 spiro atoms. The molecule has 7 nitrogen and oxygen atoms in total. The van der Waals surface area contributed by atoms with Crippen molar-refractivity contribution in [3.8, 4) is 5.75 Å². The number of carbonyl (C=O) groups excluding carboxylic acids is 2. The standard InChI is InChI=1S/C16H18N4O3/c1-23-13-4-2-3-11-12(7-14(21)20-15(11)13)16(22)18-6-5-10-8-17-9-19-10/h2-4,8-9,12H,5-7H2,1H3,(H,17,19)(H,18,22)(H,20,21)/t12-/m0/s1. The lowest BCUT2D eigenvalue weighted by Gasteiger charge is -2.26. The number of fused-ring (bicyclic) bond motifs is 1. The first-order chi connectivity index (χ1) is 11.2. The van der Waals surface area contributed by atoms with Gasteiger partial charge in [-0.3, -0.25) is 9.59 Å². The molecule has 0 saturated carbocycles. The molecule has 0 unspecified atom stereocenters. The Bertz CT molecular complexity index is 712. The normalized spacial score (nSPS) is 16.4. The molecule has 0 bridgehead atoms. The Balaban J connectivity index is 1.72. The van der Waals surface area contributed by atoms with Gasteiger partial charge in [0.15, 0.2) is 0 Å². The van der Waals surface area contributed by atoms with Crippen LogP contribution in [0.1, 0.15) is 23.6 Å². The maximum absolute atomic E-state index is 12.5. The molecule has 2 heterocycles. The zero-order valence-corrected chi connectivity index (χ0v) is 12.8. The number of hydrogen-bond donors (Lipinski definition) is 3. The molecular formula is C16H18N4O3. The predicted octanol–water partition coefficient (Wildman–Crippen LogP) is 1.20. The van der Waals surface area contributed by atoms with Crippen LogP contribution in [0.4, 0.5) is 5.69 Å². The number of para-hydroxylation sites is 1. The molecule has 3 N–H and O–H groups in total. The molecule has 1 aliphatic heterocycles. The van der Waals surface area contributed by atoms with Gasteiger partial charge in [-0.2, -0.15) is 0 Å². The number of anilines is 1. The number of ether oxygens (including phenoxy) is 1. The lowest BCUT2D eigenvalue weighted by Crippen LogP contribution is -2.36. The summed E-state index contributed by atoms with van der Waals surface area (Å²) in [5.74, 6) is -0.286. The Labute approximate surface area is 133 Å². The molecule has 7 heteroatoms. The Morgan fingerprint density at radius 3 is 3.09 bits per heavy atom. The summed E-state index contributed by atoms with van der Waals surface area (Å²) in [7, 11) is 1.54. The number of nitrogens with one attached hydrogen (secondary N) is 3. The van der Waals surface area contributed by atoms with E-state index in [1.54, 1.807) is 18.6 Å². The molecular weight excluding hydrogens is 296 g/mol. The number of amides is 2. The van der Waals surface area contributed by atoms with Crippen LogP contribution in [0.3, 0.4) is 0 Å². The summed E-state index contributed by atoms with van der Waals surface area (Å²) in [4.78, 5) is 31.3. The molecule has 1 aromatic carbocycles. The van der Waals surface area contributed by atoms with Gasteiger partial charge in [0.25, 0.3) is 0 Å². The summed E-state index contributed by atoms with van der Waals surface area (Å²) >= 11 is 0. The first kappa shape index (κ1) is 15.1. The molecule has 1 atom stereocenters. The van der Waals surface area contributed by atoms with E-state index in [9.17, 15) is 9.59 Å². The van der Waals surface area contributed by atoms with Crippen LogP contribution in [-0.2, 0) is 16.0 Å². The third kappa shape index (κ3) is 3.18. The zero-order chi connectivity index (χ0) is 16.2. The first-order valence-electron chi connectivity index (χ1n) is 7.40. The summed E-state index contributed by atoms with van der Waals surface area (Å²) < 4.78 is 5.26. The van der Waals surface area contributed by atoms with Crippen molar-refractivity contribution < 1.29 is 14.3 Å². The van der Waals surface area contributed by atoms with Crippen molar-refractivity contribution in [1.29, 1.82) is 0 Å². The van der Waals surface area contributed by atoms with Gasteiger partial charge in [-0.05, 0) is 11.6 Å². The van der Waals surface area contributed by atoms with E-state index in [2.05, 4.69) is 20.6 Å². The highest BCUT2D eigenvalue weighted by molar-refractivity contribution is 6.02. The molecule has 0 fully saturated rings. The second kappa shape index (κ2) is 6.51. The average Bonchev–Trinajstić information content (AvgIpc) is 3.06. The topological polar surface area (TPSA) is 96.1 Å². The van der Waals surface area contributed by atoms with Gasteiger partial charge in [-0.1, -0.05) is 12.1 Å². The summed E-state index contributed by atoms with van der Waals surface area (Å²) in [6.45, 7) is 0.485. The molecule has 3 rings (SSSR count). The van der Waals surface area contributed by atoms with Gasteiger partial charge in [0.2, 0.25) is 11.8 Å². The lowest BCUT2D eigenvalue weighted by molar-refractivity contribution is -0.126. The van der Waals surface area contributed by atoms with Gasteiger partial charge in [0.05, 0.1) is 25.0 Å². The summed E-state index contributed by atoms with van der Waals surface area (Å²) in [5, 5.41) is 5.67. The minimum Gasteiger partial charge on any atom is -0.495 e. The number of imidazole rings is 1. The fraction of sp³-hybridized carbons (Fsp3) is 0.312. The number of aromatic nitrogens is 2. The van der Waals surface area contributed by atoms with Crippen LogP contribution in [-0.4, -0.2) is 35.4 Å². The SMILES string of the molecule is COc1cccc2c1NC(=O)C[C@@H]2C(=O)NCCc1cnc[nH]1. The maximum Gasteiger partial charge on any atom is 0.228 e. The maximum atomic E-state index is 12.5. The van der Waals surface area contributed by atoms with E-state index in [1.165, 1.54) is 7.11 Å². The Morgan fingerprint density at radius 1 is 1.48 bits per heavy atom. The fourth-order valence-electron chi connectivity index (χ4n) is 2.73. The predicted molar refractivity (Wildman–Crippen MR) is 84.3 cm³/mol. The third-order valence-corrected chi connectivity index (χ3v) is 3.87. The Kier molecular flexibility index (Phi) is 4.27. The number of aromatic amines is 1. The minimum atomic E-state index is -0.504. The summed E-state index contributed by atoms with van der Waals surface area (Å²) in [6.07, 6.45) is 4.12. The van der Waals surface area contributed by atoms with Crippen molar-refractivity contribution in [2.75, 3.05) is 19.0 Å². The van der Waals surface area contributed by atoms with E-state index in [4.69, 9.17) is 4.74 Å². The van der Waals surface area contributed by atoms with E-state index in [0.717, 1.165) is 11.3 Å². The number of H-pyrrole nitrogens is 1. The van der Waals surface area contributed by atoms with E-state index in [0.29, 0.717) is 24.4 Å². The minimum absolute atomic E-state index is 0.135. The number of nitrogens with zero attached hydrogens (tertiary/aromatic N) is 1. The van der Waals surface area contributed by atoms with Crippen LogP contribution < -0.4 is 15.4 Å². The van der Waals surface area contributed by atoms with Crippen molar-refractivity contribution in [1.82, 2.24) is 15.3 Å². The molecule has 23 heavy (non-hydrogen) atoms. The van der Waals surface area contributed by atoms with Crippen molar-refractivity contribution in [3.05, 3.63) is 42.0 Å². The number of methoxy groups -OCH3 is 1. The summed E-state index contributed by atoms with van der Waals surface area (Å²) in [6, 6.07) is 5.42. The largest absolute Gasteiger partial charge is 0.495 e. The molecule has 0 radical (unpaired) electrons. The summed E-state index contributed by atoms with van der Waals surface area (Å²) in [5.41, 5.74) is 2.32. The number of hydrogen-bond acceptors (Lipinski definition) is 4. The van der Waals surface area contributed by atoms with E-state index >= 15 is 0 Å². The first-order valence-corrected chi connectivity index (χ1v) is 7.40. The lowest BCUT2D eigenvalue weighted by atomic mass is 9.89. The molecule has 0 aliphatic carbocycles. The zero-order valence-electron chi connectivity index (χ0n) is 12.8. The highest BCUT2D eigenvalue weighted by atomic mass is 16.5. The van der Waals surface area contributed by atoms with Crippen molar-refractivity contribution in [3.63, 3.8) is 0 Å². The highest BCUT2D eigenvalue weighted by Crippen LogP contribution is 2.38. The van der Waals surface area contributed by atoms with Crippen LogP contribution in [0.2, 0.25) is 0 Å². The van der Waals surface area contributed by atoms with Crippen molar-refractivity contribution >= 4 is 17.5 Å². The fourth-order valence-corrected chi connectivity index (χ4v) is 2.73. The second-order valence-electron chi connectivity index (χ2n) is 5.35. The van der Waals surface area contributed by atoms with E-state index in [-0.39, 0.29) is 18.2 Å². The van der Waals surface area contributed by atoms with Crippen LogP contribution in [0, 0.1) is 0 Å². The van der Waals surface area contributed by atoms with Gasteiger partial charge in [0.1, 0.15) is 5.75 Å². The molecule has 2 aromatic rings. The molecule has 120 valence electrons. The molecule has 2 amide bonds. The second-order valence-corrected chi connectivity index (χ2v) is 5.35. The van der Waals surface area contributed by atoms with E-state index in [1.807, 2.05) is 12.1 Å². The molecule has 1 aliphatic rings. The van der Waals surface area contributed by atoms with Crippen LogP contribution >= 0.6 is 0 Å². The highest BCUT2D eigenvalue weighted by Gasteiger charge is 2.32. The number of carbonyl (C=O) groups is 2. The van der Waals surface area contributed by atoms with Gasteiger partial charge < -0.3 is 20.4 Å². The van der Waals surface area contributed by atoms with E-state index < -0.39 is 5.92 Å².